The van der Waals surface area contributed by atoms with E-state index in [4.69, 9.17) is 5.73 Å². The summed E-state index contributed by atoms with van der Waals surface area (Å²) in [7, 11) is -1.11. The summed E-state index contributed by atoms with van der Waals surface area (Å²) in [5.74, 6) is 0.858. The first-order valence-corrected chi connectivity index (χ1v) is 8.66. The van der Waals surface area contributed by atoms with E-state index in [2.05, 4.69) is 10.2 Å². The van der Waals surface area contributed by atoms with Gasteiger partial charge in [0.15, 0.2) is 9.84 Å². The molecule has 0 spiro atoms. The first-order valence-electron chi connectivity index (χ1n) is 6.84. The normalized spacial score (nSPS) is 21.0. The molecule has 2 aromatic heterocycles. The number of nitrogen functional groups attached to an aromatic ring is 1. The Balaban J connectivity index is 2.06. The van der Waals surface area contributed by atoms with Crippen LogP contribution in [0.15, 0.2) is 6.20 Å². The number of hydrogen-bond acceptors (Lipinski definition) is 5. The van der Waals surface area contributed by atoms with Gasteiger partial charge in [-0.1, -0.05) is 0 Å². The van der Waals surface area contributed by atoms with Crippen LogP contribution in [0.25, 0.3) is 11.3 Å². The molecule has 2 aromatic rings. The van der Waals surface area contributed by atoms with Crippen molar-refractivity contribution in [1.82, 2.24) is 19.6 Å². The van der Waals surface area contributed by atoms with Crippen molar-refractivity contribution in [2.45, 2.75) is 26.3 Å². The van der Waals surface area contributed by atoms with E-state index < -0.39 is 9.84 Å². The zero-order chi connectivity index (χ0) is 15.4. The Morgan fingerprint density at radius 3 is 2.57 bits per heavy atom. The van der Waals surface area contributed by atoms with E-state index in [1.54, 1.807) is 9.36 Å². The molecule has 0 aliphatic carbocycles. The summed E-state index contributed by atoms with van der Waals surface area (Å²) in [5, 5.41) is 8.89. The van der Waals surface area contributed by atoms with Gasteiger partial charge in [0, 0.05) is 24.4 Å². The average molecular weight is 309 g/mol. The lowest BCUT2D eigenvalue weighted by atomic mass is 10.1. The number of rotatable bonds is 2. The van der Waals surface area contributed by atoms with Crippen molar-refractivity contribution in [2.24, 2.45) is 7.05 Å². The fourth-order valence-corrected chi connectivity index (χ4v) is 4.56. The van der Waals surface area contributed by atoms with Crippen LogP contribution in [0.3, 0.4) is 0 Å². The van der Waals surface area contributed by atoms with Gasteiger partial charge in [0.25, 0.3) is 0 Å². The van der Waals surface area contributed by atoms with Crippen molar-refractivity contribution in [1.29, 1.82) is 0 Å². The molecule has 3 heterocycles. The Morgan fingerprint density at radius 1 is 1.33 bits per heavy atom. The second kappa shape index (κ2) is 4.59. The first kappa shape index (κ1) is 14.1. The molecule has 1 aliphatic heterocycles. The Bertz CT molecular complexity index is 803. The molecule has 2 N–H and O–H groups in total. The van der Waals surface area contributed by atoms with Gasteiger partial charge in [-0.15, -0.1) is 0 Å². The standard InChI is InChI=1S/C13H19N5O2S/c1-8-12(11-6-17(3)15-9(11)2)16-18(13(8)14)10-4-5-21(19,20)7-10/h6,10H,4-5,7,14H2,1-3H3. The van der Waals surface area contributed by atoms with E-state index in [1.165, 1.54) is 0 Å². The van der Waals surface area contributed by atoms with Crippen LogP contribution >= 0.6 is 0 Å². The molecule has 114 valence electrons. The van der Waals surface area contributed by atoms with E-state index in [0.717, 1.165) is 22.5 Å². The number of nitrogens with two attached hydrogens (primary N) is 1. The zero-order valence-corrected chi connectivity index (χ0v) is 13.2. The molecule has 0 saturated carbocycles. The highest BCUT2D eigenvalue weighted by molar-refractivity contribution is 7.91. The molecule has 0 amide bonds. The van der Waals surface area contributed by atoms with Crippen LogP contribution in [0.5, 0.6) is 0 Å². The van der Waals surface area contributed by atoms with Crippen LogP contribution in [-0.4, -0.2) is 39.5 Å². The summed E-state index contributed by atoms with van der Waals surface area (Å²) >= 11 is 0. The summed E-state index contributed by atoms with van der Waals surface area (Å²) in [6.07, 6.45) is 2.47. The Hall–Kier alpha value is -1.83. The van der Waals surface area contributed by atoms with Gasteiger partial charge in [0.05, 0.1) is 23.2 Å². The highest BCUT2D eigenvalue weighted by Gasteiger charge is 2.32. The van der Waals surface area contributed by atoms with Crippen LogP contribution in [-0.2, 0) is 16.9 Å². The average Bonchev–Trinajstić information content (AvgIpc) is 2.99. The lowest BCUT2D eigenvalue weighted by Gasteiger charge is -2.10. The van der Waals surface area contributed by atoms with Crippen molar-refractivity contribution in [3.8, 4) is 11.3 Å². The summed E-state index contributed by atoms with van der Waals surface area (Å²) in [4.78, 5) is 0. The highest BCUT2D eigenvalue weighted by Crippen LogP contribution is 2.33. The molecule has 0 bridgehead atoms. The van der Waals surface area contributed by atoms with E-state index in [9.17, 15) is 8.42 Å². The maximum atomic E-state index is 11.6. The lowest BCUT2D eigenvalue weighted by molar-refractivity contribution is 0.508. The molecule has 1 saturated heterocycles. The van der Waals surface area contributed by atoms with Crippen molar-refractivity contribution >= 4 is 15.7 Å². The van der Waals surface area contributed by atoms with Gasteiger partial charge in [-0.2, -0.15) is 10.2 Å². The molecule has 1 fully saturated rings. The molecule has 21 heavy (non-hydrogen) atoms. The summed E-state index contributed by atoms with van der Waals surface area (Å²) in [5.41, 5.74) is 9.61. The van der Waals surface area contributed by atoms with E-state index in [1.807, 2.05) is 27.1 Å². The van der Waals surface area contributed by atoms with Gasteiger partial charge >= 0.3 is 0 Å². The minimum atomic E-state index is -2.97. The monoisotopic (exact) mass is 309 g/mol. The topological polar surface area (TPSA) is 95.8 Å². The van der Waals surface area contributed by atoms with E-state index >= 15 is 0 Å². The Morgan fingerprint density at radius 2 is 2.05 bits per heavy atom. The molecule has 7 nitrogen and oxygen atoms in total. The third kappa shape index (κ3) is 2.33. The molecule has 8 heteroatoms. The fraction of sp³-hybridized carbons (Fsp3) is 0.538. The van der Waals surface area contributed by atoms with Crippen molar-refractivity contribution in [3.63, 3.8) is 0 Å². The highest BCUT2D eigenvalue weighted by atomic mass is 32.2. The van der Waals surface area contributed by atoms with Gasteiger partial charge in [0.1, 0.15) is 11.5 Å². The predicted molar refractivity (Wildman–Crippen MR) is 80.6 cm³/mol. The molecule has 1 atom stereocenters. The third-order valence-electron chi connectivity index (χ3n) is 4.02. The molecule has 3 rings (SSSR count). The minimum Gasteiger partial charge on any atom is -0.384 e. The van der Waals surface area contributed by atoms with Gasteiger partial charge in [-0.05, 0) is 20.3 Å². The molecular formula is C13H19N5O2S. The fourth-order valence-electron chi connectivity index (χ4n) is 2.86. The SMILES string of the molecule is Cc1nn(C)cc1-c1nn(C2CCS(=O)(=O)C2)c(N)c1C. The molecule has 1 unspecified atom stereocenters. The zero-order valence-electron chi connectivity index (χ0n) is 12.4. The van der Waals surface area contributed by atoms with E-state index in [0.29, 0.717) is 12.2 Å². The van der Waals surface area contributed by atoms with Crippen molar-refractivity contribution < 1.29 is 8.42 Å². The first-order chi connectivity index (χ1) is 9.78. The Labute approximate surface area is 123 Å². The summed E-state index contributed by atoms with van der Waals surface area (Å²) < 4.78 is 26.7. The summed E-state index contributed by atoms with van der Waals surface area (Å²) in [6, 6.07) is -0.167. The van der Waals surface area contributed by atoms with Gasteiger partial charge in [0.2, 0.25) is 0 Å². The number of aryl methyl sites for hydroxylation is 2. The van der Waals surface area contributed by atoms with Gasteiger partial charge < -0.3 is 5.73 Å². The lowest BCUT2D eigenvalue weighted by Crippen LogP contribution is -2.14. The van der Waals surface area contributed by atoms with E-state index in [-0.39, 0.29) is 17.5 Å². The smallest absolute Gasteiger partial charge is 0.152 e. The second-order valence-corrected chi connectivity index (χ2v) is 7.89. The number of nitrogens with zero attached hydrogens (tertiary/aromatic N) is 4. The molecule has 1 aliphatic rings. The number of aromatic nitrogens is 4. The summed E-state index contributed by atoms with van der Waals surface area (Å²) in [6.45, 7) is 3.83. The second-order valence-electron chi connectivity index (χ2n) is 5.66. The maximum Gasteiger partial charge on any atom is 0.152 e. The molecular weight excluding hydrogens is 290 g/mol. The van der Waals surface area contributed by atoms with Crippen molar-refractivity contribution in [2.75, 3.05) is 17.2 Å². The predicted octanol–water partition coefficient (Wildman–Crippen LogP) is 0.842. The Kier molecular flexibility index (Phi) is 3.09. The third-order valence-corrected chi connectivity index (χ3v) is 5.77. The minimum absolute atomic E-state index is 0.115. The van der Waals surface area contributed by atoms with Crippen LogP contribution in [0.2, 0.25) is 0 Å². The van der Waals surface area contributed by atoms with Gasteiger partial charge in [-0.25, -0.2) is 13.1 Å². The van der Waals surface area contributed by atoms with Crippen LogP contribution in [0.4, 0.5) is 5.82 Å². The van der Waals surface area contributed by atoms with Crippen LogP contribution in [0.1, 0.15) is 23.7 Å². The quantitative estimate of drug-likeness (QED) is 0.887. The largest absolute Gasteiger partial charge is 0.384 e. The van der Waals surface area contributed by atoms with Crippen LogP contribution in [0, 0.1) is 13.8 Å². The molecule has 0 aromatic carbocycles. The maximum absolute atomic E-state index is 11.6. The number of hydrogen-bond donors (Lipinski definition) is 1. The molecule has 0 radical (unpaired) electrons. The number of anilines is 1. The van der Waals surface area contributed by atoms with Gasteiger partial charge in [-0.3, -0.25) is 4.68 Å². The van der Waals surface area contributed by atoms with Crippen LogP contribution < -0.4 is 5.73 Å². The van der Waals surface area contributed by atoms with Crippen molar-refractivity contribution in [3.05, 3.63) is 17.5 Å². The number of sulfone groups is 1.